The minimum atomic E-state index is 0.653. The third-order valence-electron chi connectivity index (χ3n) is 3.32. The van der Waals surface area contributed by atoms with Gasteiger partial charge in [-0.25, -0.2) is 0 Å². The SMILES string of the molecule is Cc1cc(C)c2c(c1)OCC=C2c1ccccc1. The summed E-state index contributed by atoms with van der Waals surface area (Å²) in [4.78, 5) is 0. The number of rotatable bonds is 1. The zero-order chi connectivity index (χ0) is 12.5. The van der Waals surface area contributed by atoms with Crippen LogP contribution in [0.2, 0.25) is 0 Å². The minimum absolute atomic E-state index is 0.653. The highest BCUT2D eigenvalue weighted by molar-refractivity contribution is 5.85. The summed E-state index contributed by atoms with van der Waals surface area (Å²) >= 11 is 0. The minimum Gasteiger partial charge on any atom is -0.489 e. The topological polar surface area (TPSA) is 9.23 Å². The Bertz CT molecular complexity index is 609. The van der Waals surface area contributed by atoms with Crippen LogP contribution in [0.3, 0.4) is 0 Å². The molecule has 1 aliphatic rings. The second kappa shape index (κ2) is 4.34. The van der Waals surface area contributed by atoms with Crippen molar-refractivity contribution >= 4 is 5.57 Å². The van der Waals surface area contributed by atoms with Crippen LogP contribution >= 0.6 is 0 Å². The van der Waals surface area contributed by atoms with Gasteiger partial charge in [-0.3, -0.25) is 0 Å². The van der Waals surface area contributed by atoms with Crippen molar-refractivity contribution in [1.82, 2.24) is 0 Å². The molecule has 0 saturated heterocycles. The maximum atomic E-state index is 5.76. The molecule has 0 bridgehead atoms. The molecular weight excluding hydrogens is 220 g/mol. The summed E-state index contributed by atoms with van der Waals surface area (Å²) in [6.07, 6.45) is 2.17. The fraction of sp³-hybridized carbons (Fsp3) is 0.176. The van der Waals surface area contributed by atoms with E-state index in [1.54, 1.807) is 0 Å². The van der Waals surface area contributed by atoms with E-state index in [-0.39, 0.29) is 0 Å². The first kappa shape index (κ1) is 11.1. The highest BCUT2D eigenvalue weighted by atomic mass is 16.5. The number of aryl methyl sites for hydroxylation is 2. The molecule has 1 heterocycles. The van der Waals surface area contributed by atoms with Gasteiger partial charge < -0.3 is 4.74 Å². The lowest BCUT2D eigenvalue weighted by molar-refractivity contribution is 0.357. The van der Waals surface area contributed by atoms with Crippen LogP contribution in [0.4, 0.5) is 0 Å². The molecule has 2 aromatic rings. The molecular formula is C17H16O. The zero-order valence-corrected chi connectivity index (χ0v) is 10.7. The number of fused-ring (bicyclic) bond motifs is 1. The van der Waals surface area contributed by atoms with E-state index in [1.165, 1.54) is 27.8 Å². The van der Waals surface area contributed by atoms with Crippen molar-refractivity contribution < 1.29 is 4.74 Å². The van der Waals surface area contributed by atoms with Crippen molar-refractivity contribution in [3.8, 4) is 5.75 Å². The van der Waals surface area contributed by atoms with Gasteiger partial charge in [-0.2, -0.15) is 0 Å². The molecule has 1 nitrogen and oxygen atoms in total. The van der Waals surface area contributed by atoms with Gasteiger partial charge in [-0.15, -0.1) is 0 Å². The molecule has 1 heteroatoms. The van der Waals surface area contributed by atoms with Crippen molar-refractivity contribution in [2.75, 3.05) is 6.61 Å². The van der Waals surface area contributed by atoms with E-state index in [2.05, 4.69) is 56.3 Å². The monoisotopic (exact) mass is 236 g/mol. The average Bonchev–Trinajstić information content (AvgIpc) is 2.38. The van der Waals surface area contributed by atoms with Crippen LogP contribution in [0.1, 0.15) is 22.3 Å². The molecule has 0 aromatic heterocycles. The molecule has 0 atom stereocenters. The molecule has 0 saturated carbocycles. The molecule has 0 amide bonds. The first-order valence-corrected chi connectivity index (χ1v) is 6.26. The summed E-state index contributed by atoms with van der Waals surface area (Å²) in [5.74, 6) is 1.01. The second-order valence-electron chi connectivity index (χ2n) is 4.75. The van der Waals surface area contributed by atoms with Gasteiger partial charge in [0.05, 0.1) is 0 Å². The van der Waals surface area contributed by atoms with Gasteiger partial charge in [0.15, 0.2) is 0 Å². The lowest BCUT2D eigenvalue weighted by Crippen LogP contribution is -2.07. The normalized spacial score (nSPS) is 13.6. The largest absolute Gasteiger partial charge is 0.489 e. The summed E-state index contributed by atoms with van der Waals surface area (Å²) < 4.78 is 5.76. The van der Waals surface area contributed by atoms with E-state index in [0.717, 1.165) is 5.75 Å². The Morgan fingerprint density at radius 1 is 1.00 bits per heavy atom. The maximum Gasteiger partial charge on any atom is 0.128 e. The molecule has 2 aromatic carbocycles. The molecule has 90 valence electrons. The Labute approximate surface area is 108 Å². The van der Waals surface area contributed by atoms with Gasteiger partial charge >= 0.3 is 0 Å². The number of ether oxygens (including phenoxy) is 1. The molecule has 0 aliphatic carbocycles. The van der Waals surface area contributed by atoms with Crippen molar-refractivity contribution in [3.63, 3.8) is 0 Å². The highest BCUT2D eigenvalue weighted by Crippen LogP contribution is 2.37. The van der Waals surface area contributed by atoms with Gasteiger partial charge in [0.2, 0.25) is 0 Å². The molecule has 0 spiro atoms. The van der Waals surface area contributed by atoms with Crippen molar-refractivity contribution in [1.29, 1.82) is 0 Å². The third kappa shape index (κ3) is 1.82. The van der Waals surface area contributed by atoms with Crippen LogP contribution in [0, 0.1) is 13.8 Å². The number of benzene rings is 2. The standard InChI is InChI=1S/C17H16O/c1-12-10-13(2)17-15(8-9-18-16(17)11-12)14-6-4-3-5-7-14/h3-8,10-11H,9H2,1-2H3. The number of hydrogen-bond donors (Lipinski definition) is 0. The predicted molar refractivity (Wildman–Crippen MR) is 74.9 cm³/mol. The van der Waals surface area contributed by atoms with E-state index in [0.29, 0.717) is 6.61 Å². The van der Waals surface area contributed by atoms with Gasteiger partial charge in [0.1, 0.15) is 12.4 Å². The Morgan fingerprint density at radius 3 is 2.56 bits per heavy atom. The highest BCUT2D eigenvalue weighted by Gasteiger charge is 2.17. The van der Waals surface area contributed by atoms with E-state index in [9.17, 15) is 0 Å². The fourth-order valence-corrected chi connectivity index (χ4v) is 2.58. The Morgan fingerprint density at radius 2 is 1.78 bits per heavy atom. The number of hydrogen-bond acceptors (Lipinski definition) is 1. The molecule has 0 fully saturated rings. The van der Waals surface area contributed by atoms with E-state index < -0.39 is 0 Å². The average molecular weight is 236 g/mol. The summed E-state index contributed by atoms with van der Waals surface area (Å²) in [6.45, 7) is 4.91. The second-order valence-corrected chi connectivity index (χ2v) is 4.75. The van der Waals surface area contributed by atoms with Gasteiger partial charge in [0.25, 0.3) is 0 Å². The molecule has 1 aliphatic heterocycles. The van der Waals surface area contributed by atoms with Crippen molar-refractivity contribution in [3.05, 3.63) is 70.8 Å². The van der Waals surface area contributed by atoms with E-state index >= 15 is 0 Å². The van der Waals surface area contributed by atoms with Crippen LogP contribution < -0.4 is 4.74 Å². The van der Waals surface area contributed by atoms with Gasteiger partial charge in [0, 0.05) is 5.56 Å². The first-order chi connectivity index (χ1) is 8.75. The van der Waals surface area contributed by atoms with Crippen LogP contribution in [0.5, 0.6) is 5.75 Å². The molecule has 3 rings (SSSR count). The van der Waals surface area contributed by atoms with Crippen LogP contribution in [0.15, 0.2) is 48.5 Å². The van der Waals surface area contributed by atoms with Crippen molar-refractivity contribution in [2.24, 2.45) is 0 Å². The lowest BCUT2D eigenvalue weighted by Gasteiger charge is -2.21. The molecule has 18 heavy (non-hydrogen) atoms. The Hall–Kier alpha value is -2.02. The van der Waals surface area contributed by atoms with E-state index in [1.807, 2.05) is 6.07 Å². The molecule has 0 unspecified atom stereocenters. The van der Waals surface area contributed by atoms with Gasteiger partial charge in [-0.05, 0) is 48.3 Å². The summed E-state index contributed by atoms with van der Waals surface area (Å²) in [5.41, 5.74) is 6.31. The lowest BCUT2D eigenvalue weighted by atomic mass is 9.91. The first-order valence-electron chi connectivity index (χ1n) is 6.26. The van der Waals surface area contributed by atoms with E-state index in [4.69, 9.17) is 4.74 Å². The smallest absolute Gasteiger partial charge is 0.128 e. The molecule has 0 radical (unpaired) electrons. The summed E-state index contributed by atoms with van der Waals surface area (Å²) in [5, 5.41) is 0. The Kier molecular flexibility index (Phi) is 2.67. The summed E-state index contributed by atoms with van der Waals surface area (Å²) in [7, 11) is 0. The van der Waals surface area contributed by atoms with Crippen LogP contribution in [0.25, 0.3) is 5.57 Å². The summed E-state index contributed by atoms with van der Waals surface area (Å²) in [6, 6.07) is 14.8. The molecule has 0 N–H and O–H groups in total. The predicted octanol–water partition coefficient (Wildman–Crippen LogP) is 4.13. The van der Waals surface area contributed by atoms with Gasteiger partial charge in [-0.1, -0.05) is 36.4 Å². The van der Waals surface area contributed by atoms with Crippen LogP contribution in [-0.2, 0) is 0 Å². The zero-order valence-electron chi connectivity index (χ0n) is 10.7. The maximum absolute atomic E-state index is 5.76. The third-order valence-corrected chi connectivity index (χ3v) is 3.32. The fourth-order valence-electron chi connectivity index (χ4n) is 2.58. The van der Waals surface area contributed by atoms with Crippen molar-refractivity contribution in [2.45, 2.75) is 13.8 Å². The quantitative estimate of drug-likeness (QED) is 0.723. The Balaban J connectivity index is 2.19. The van der Waals surface area contributed by atoms with Crippen LogP contribution in [-0.4, -0.2) is 6.61 Å².